The first-order chi connectivity index (χ1) is 11.8. The third kappa shape index (κ3) is 4.34. The summed E-state index contributed by atoms with van der Waals surface area (Å²) in [4.78, 5) is 0. The van der Waals surface area contributed by atoms with Crippen LogP contribution >= 0.6 is 0 Å². The first-order valence-corrected chi connectivity index (χ1v) is 8.94. The lowest BCUT2D eigenvalue weighted by atomic mass is 10.1. The van der Waals surface area contributed by atoms with Gasteiger partial charge in [0.2, 0.25) is 12.7 Å². The molecule has 1 aromatic carbocycles. The number of hydrogen-bond acceptors (Lipinski definition) is 0. The van der Waals surface area contributed by atoms with Gasteiger partial charge < -0.3 is 0 Å². The fraction of sp³-hybridized carbons (Fsp3) is 0.400. The van der Waals surface area contributed by atoms with E-state index in [1.54, 1.807) is 0 Å². The highest BCUT2D eigenvalue weighted by Crippen LogP contribution is 2.04. The molecular weight excluding hydrogens is 296 g/mol. The zero-order valence-electron chi connectivity index (χ0n) is 14.8. The number of aromatic nitrogens is 4. The van der Waals surface area contributed by atoms with E-state index in [1.807, 2.05) is 0 Å². The van der Waals surface area contributed by atoms with E-state index in [1.165, 1.54) is 24.0 Å². The molecule has 0 unspecified atom stereocenters. The molecule has 0 aliphatic carbocycles. The molecule has 126 valence electrons. The van der Waals surface area contributed by atoms with E-state index in [0.29, 0.717) is 0 Å². The van der Waals surface area contributed by atoms with Gasteiger partial charge in [-0.2, -0.15) is 0 Å². The lowest BCUT2D eigenvalue weighted by molar-refractivity contribution is -0.688. The van der Waals surface area contributed by atoms with Crippen molar-refractivity contribution in [2.24, 2.45) is 0 Å². The number of hydrogen-bond donors (Lipinski definition) is 0. The van der Waals surface area contributed by atoms with Crippen molar-refractivity contribution in [1.29, 1.82) is 0 Å². The highest BCUT2D eigenvalue weighted by Gasteiger charge is 2.06. The van der Waals surface area contributed by atoms with Crippen molar-refractivity contribution in [3.8, 4) is 0 Å². The molecule has 0 aliphatic heterocycles. The van der Waals surface area contributed by atoms with Crippen LogP contribution in [0.4, 0.5) is 0 Å². The van der Waals surface area contributed by atoms with Crippen molar-refractivity contribution in [3.05, 3.63) is 72.8 Å². The molecule has 4 nitrogen and oxygen atoms in total. The third-order valence-electron chi connectivity index (χ3n) is 4.21. The molecule has 0 radical (unpaired) electrons. The number of benzene rings is 1. The van der Waals surface area contributed by atoms with Gasteiger partial charge in [0.05, 0.1) is 13.1 Å². The van der Waals surface area contributed by atoms with Crippen LogP contribution in [0.1, 0.15) is 37.8 Å². The number of rotatable bonds is 8. The average Bonchev–Trinajstić information content (AvgIpc) is 3.20. The van der Waals surface area contributed by atoms with Crippen LogP contribution in [-0.2, 0) is 26.2 Å². The van der Waals surface area contributed by atoms with Crippen molar-refractivity contribution in [2.45, 2.75) is 52.9 Å². The molecule has 2 aromatic heterocycles. The van der Waals surface area contributed by atoms with Gasteiger partial charge in [-0.05, 0) is 24.0 Å². The Bertz CT molecular complexity index is 687. The second-order valence-electron chi connectivity index (χ2n) is 6.46. The Kier molecular flexibility index (Phi) is 5.47. The largest absolute Gasteiger partial charge is 0.244 e. The standard InChI is InChI=1S/C20H28N4/c1-3-9-21-11-13-23(17-21)15-19-5-7-20(8-6-19)16-24-14-12-22(18-24)10-4-2/h5-8,11-14,17-18H,3-4,9-10,15-16H2,1-2H3/q+2. The van der Waals surface area contributed by atoms with E-state index >= 15 is 0 Å². The van der Waals surface area contributed by atoms with Crippen molar-refractivity contribution < 1.29 is 9.13 Å². The van der Waals surface area contributed by atoms with E-state index in [-0.39, 0.29) is 0 Å². The number of aryl methyl sites for hydroxylation is 2. The van der Waals surface area contributed by atoms with Crippen LogP contribution in [0, 0.1) is 0 Å². The van der Waals surface area contributed by atoms with Gasteiger partial charge in [-0.15, -0.1) is 0 Å². The van der Waals surface area contributed by atoms with Gasteiger partial charge in [0, 0.05) is 0 Å². The molecule has 2 heterocycles. The SMILES string of the molecule is CCCn1cc[n+](Cc2ccc(C[n+]3ccn(CCC)c3)cc2)c1. The molecule has 4 heteroatoms. The highest BCUT2D eigenvalue weighted by molar-refractivity contribution is 5.21. The molecular formula is C20H28N4+2. The Morgan fingerprint density at radius 1 is 0.708 bits per heavy atom. The summed E-state index contributed by atoms with van der Waals surface area (Å²) in [6.07, 6.45) is 15.3. The van der Waals surface area contributed by atoms with Gasteiger partial charge >= 0.3 is 0 Å². The predicted octanol–water partition coefficient (Wildman–Crippen LogP) is 2.78. The quantitative estimate of drug-likeness (QED) is 0.567. The summed E-state index contributed by atoms with van der Waals surface area (Å²) in [5, 5.41) is 0. The van der Waals surface area contributed by atoms with Crippen LogP contribution in [-0.4, -0.2) is 9.13 Å². The normalized spacial score (nSPS) is 11.1. The summed E-state index contributed by atoms with van der Waals surface area (Å²) in [6, 6.07) is 8.96. The van der Waals surface area contributed by atoms with Gasteiger partial charge in [-0.1, -0.05) is 38.1 Å². The maximum Gasteiger partial charge on any atom is 0.244 e. The summed E-state index contributed by atoms with van der Waals surface area (Å²) >= 11 is 0. The first kappa shape index (κ1) is 16.5. The molecule has 3 rings (SSSR count). The minimum absolute atomic E-state index is 0.928. The van der Waals surface area contributed by atoms with Gasteiger partial charge in [0.1, 0.15) is 37.9 Å². The minimum Gasteiger partial charge on any atom is -0.237 e. The van der Waals surface area contributed by atoms with Gasteiger partial charge in [-0.25, -0.2) is 18.3 Å². The Morgan fingerprint density at radius 2 is 1.12 bits per heavy atom. The molecule has 0 N–H and O–H groups in total. The Hall–Kier alpha value is -2.36. The van der Waals surface area contributed by atoms with Crippen molar-refractivity contribution >= 4 is 0 Å². The van der Waals surface area contributed by atoms with E-state index in [9.17, 15) is 0 Å². The second kappa shape index (κ2) is 7.95. The maximum absolute atomic E-state index is 2.24. The van der Waals surface area contributed by atoms with Crippen molar-refractivity contribution in [2.75, 3.05) is 0 Å². The summed E-state index contributed by atoms with van der Waals surface area (Å²) in [7, 11) is 0. The van der Waals surface area contributed by atoms with E-state index in [2.05, 4.69) is 93.8 Å². The average molecular weight is 324 g/mol. The summed E-state index contributed by atoms with van der Waals surface area (Å²) in [5.74, 6) is 0. The van der Waals surface area contributed by atoms with Crippen molar-refractivity contribution in [1.82, 2.24) is 9.13 Å². The minimum atomic E-state index is 0.928. The van der Waals surface area contributed by atoms with Crippen LogP contribution < -0.4 is 9.13 Å². The van der Waals surface area contributed by atoms with Gasteiger partial charge in [0.25, 0.3) is 0 Å². The predicted molar refractivity (Wildman–Crippen MR) is 94.5 cm³/mol. The van der Waals surface area contributed by atoms with Crippen LogP contribution in [0.2, 0.25) is 0 Å². The first-order valence-electron chi connectivity index (χ1n) is 8.94. The molecule has 0 spiro atoms. The Labute approximate surface area is 144 Å². The smallest absolute Gasteiger partial charge is 0.237 e. The third-order valence-corrected chi connectivity index (χ3v) is 4.21. The van der Waals surface area contributed by atoms with E-state index in [4.69, 9.17) is 0 Å². The summed E-state index contributed by atoms with van der Waals surface area (Å²) in [5.41, 5.74) is 2.68. The molecule has 0 atom stereocenters. The fourth-order valence-electron chi connectivity index (χ4n) is 3.02. The van der Waals surface area contributed by atoms with Gasteiger partial charge in [0.15, 0.2) is 0 Å². The summed E-state index contributed by atoms with van der Waals surface area (Å²) in [6.45, 7) is 8.44. The van der Waals surface area contributed by atoms with E-state index < -0.39 is 0 Å². The summed E-state index contributed by atoms with van der Waals surface area (Å²) < 4.78 is 8.96. The highest BCUT2D eigenvalue weighted by atomic mass is 15.1. The molecule has 24 heavy (non-hydrogen) atoms. The van der Waals surface area contributed by atoms with Crippen LogP contribution in [0.25, 0.3) is 0 Å². The molecule has 0 amide bonds. The Balaban J connectivity index is 1.59. The number of nitrogens with zero attached hydrogens (tertiary/aromatic N) is 4. The molecule has 0 saturated heterocycles. The van der Waals surface area contributed by atoms with Crippen LogP contribution in [0.3, 0.4) is 0 Å². The monoisotopic (exact) mass is 324 g/mol. The number of imidazole rings is 2. The second-order valence-corrected chi connectivity index (χ2v) is 6.46. The molecule has 3 aromatic rings. The fourth-order valence-corrected chi connectivity index (χ4v) is 3.02. The lowest BCUT2D eigenvalue weighted by Crippen LogP contribution is -2.32. The van der Waals surface area contributed by atoms with Crippen LogP contribution in [0.15, 0.2) is 61.7 Å². The van der Waals surface area contributed by atoms with E-state index in [0.717, 1.165) is 26.2 Å². The molecule has 0 fully saturated rings. The maximum atomic E-state index is 2.24. The topological polar surface area (TPSA) is 17.6 Å². The molecule has 0 aliphatic rings. The lowest BCUT2D eigenvalue weighted by Gasteiger charge is -2.01. The zero-order chi connectivity index (χ0) is 16.8. The zero-order valence-corrected chi connectivity index (χ0v) is 14.8. The molecule has 0 bridgehead atoms. The van der Waals surface area contributed by atoms with Gasteiger partial charge in [-0.3, -0.25) is 0 Å². The van der Waals surface area contributed by atoms with Crippen molar-refractivity contribution in [3.63, 3.8) is 0 Å². The molecule has 0 saturated carbocycles. The Morgan fingerprint density at radius 3 is 1.50 bits per heavy atom. The van der Waals surface area contributed by atoms with Crippen LogP contribution in [0.5, 0.6) is 0 Å².